The zero-order valence-electron chi connectivity index (χ0n) is 37.0. The van der Waals surface area contributed by atoms with E-state index in [9.17, 15) is 19.2 Å². The van der Waals surface area contributed by atoms with E-state index in [1.54, 1.807) is 0 Å². The van der Waals surface area contributed by atoms with Crippen LogP contribution in [-0.4, -0.2) is 52.4 Å². The van der Waals surface area contributed by atoms with Gasteiger partial charge >= 0.3 is 23.9 Å². The van der Waals surface area contributed by atoms with E-state index in [0.717, 1.165) is 77.0 Å². The molecule has 4 N–H and O–H groups in total. The van der Waals surface area contributed by atoms with Gasteiger partial charge in [0.25, 0.3) is 0 Å². The molecule has 0 radical (unpaired) electrons. The number of hydrogen-bond donors (Lipinski definition) is 4. The third kappa shape index (κ3) is 43.5. The molecule has 8 nitrogen and oxygen atoms in total. The Labute approximate surface area is 351 Å². The molecule has 0 aliphatic heterocycles. The molecule has 9 heteroatoms. The molecule has 336 valence electrons. The van der Waals surface area contributed by atoms with Crippen molar-refractivity contribution in [1.82, 2.24) is 0 Å². The van der Waals surface area contributed by atoms with Crippen molar-refractivity contribution < 1.29 is 39.6 Å². The van der Waals surface area contributed by atoms with Crippen molar-refractivity contribution in [2.75, 3.05) is 0 Å². The fourth-order valence-corrected chi connectivity index (χ4v) is 14.3. The lowest BCUT2D eigenvalue weighted by Gasteiger charge is -2.33. The summed E-state index contributed by atoms with van der Waals surface area (Å²) in [4.78, 5) is 43.0. The molecule has 0 aliphatic carbocycles. The first-order chi connectivity index (χ1) is 27.7. The number of carboxylic acid groups (broad SMARTS) is 4. The normalized spacial score (nSPS) is 11.6. The summed E-state index contributed by atoms with van der Waals surface area (Å²) >= 11 is 0. The SMILES string of the molecule is O=C(O)CCCCCCCCCCC[Si](CCCCCCCCCCCC(=O)O)(CCCCCCCCCCCC(=O)O)CCCCCCCCCCCC(=O)O. The quantitative estimate of drug-likeness (QED) is 0.0350. The van der Waals surface area contributed by atoms with E-state index in [-0.39, 0.29) is 0 Å². The van der Waals surface area contributed by atoms with Gasteiger partial charge in [-0.3, -0.25) is 19.2 Å². The number of carbonyl (C=O) groups is 4. The molecule has 0 saturated carbocycles. The Morgan fingerprint density at radius 3 is 0.474 bits per heavy atom. The van der Waals surface area contributed by atoms with Crippen molar-refractivity contribution in [2.24, 2.45) is 0 Å². The van der Waals surface area contributed by atoms with Gasteiger partial charge in [0.1, 0.15) is 0 Å². The fourth-order valence-electron chi connectivity index (χ4n) is 8.80. The topological polar surface area (TPSA) is 149 Å². The predicted octanol–water partition coefficient (Wildman–Crippen LogP) is 15.4. The van der Waals surface area contributed by atoms with E-state index in [0.29, 0.717) is 25.7 Å². The van der Waals surface area contributed by atoms with Crippen molar-refractivity contribution in [2.45, 2.75) is 281 Å². The van der Waals surface area contributed by atoms with Crippen LogP contribution >= 0.6 is 0 Å². The predicted molar refractivity (Wildman–Crippen MR) is 240 cm³/mol. The third-order valence-corrected chi connectivity index (χ3v) is 18.0. The van der Waals surface area contributed by atoms with Crippen LogP contribution in [0, 0.1) is 0 Å². The number of hydrogen-bond acceptors (Lipinski definition) is 4. The molecular weight excluding hydrogens is 733 g/mol. The van der Waals surface area contributed by atoms with Gasteiger partial charge in [-0.2, -0.15) is 0 Å². The van der Waals surface area contributed by atoms with Crippen LogP contribution in [0.1, 0.15) is 257 Å². The molecule has 0 unspecified atom stereocenters. The molecular formula is C48H92O8Si. The first-order valence-electron chi connectivity index (χ1n) is 24.5. The Morgan fingerprint density at radius 1 is 0.211 bits per heavy atom. The van der Waals surface area contributed by atoms with Crippen molar-refractivity contribution in [3.8, 4) is 0 Å². The molecule has 0 atom stereocenters. The minimum absolute atomic E-state index is 0.304. The minimum atomic E-state index is -1.39. The molecule has 0 saturated heterocycles. The Balaban J connectivity index is 4.97. The van der Waals surface area contributed by atoms with E-state index in [1.165, 1.54) is 178 Å². The summed E-state index contributed by atoms with van der Waals surface area (Å²) < 4.78 is 0. The number of carboxylic acids is 4. The van der Waals surface area contributed by atoms with Gasteiger partial charge in [0.15, 0.2) is 0 Å². The van der Waals surface area contributed by atoms with Gasteiger partial charge in [0.2, 0.25) is 0 Å². The lowest BCUT2D eigenvalue weighted by Crippen LogP contribution is -2.34. The Morgan fingerprint density at radius 2 is 0.333 bits per heavy atom. The highest BCUT2D eigenvalue weighted by Gasteiger charge is 2.30. The molecule has 0 aromatic heterocycles. The molecule has 0 fully saturated rings. The van der Waals surface area contributed by atoms with Crippen molar-refractivity contribution >= 4 is 32.0 Å². The standard InChI is InChI=1S/C48H92O8Si/c49-45(50)37-29-21-13-5-1-9-17-25-33-41-57(42-34-26-18-10-2-6-14-22-30-38-46(51)52,43-35-27-19-11-3-7-15-23-31-39-47(53)54)44-36-28-20-12-4-8-16-24-32-40-48(55)56/h1-44H2,(H,49,50)(H,51,52)(H,53,54)(H,55,56). The van der Waals surface area contributed by atoms with E-state index >= 15 is 0 Å². The van der Waals surface area contributed by atoms with Crippen LogP contribution in [0.3, 0.4) is 0 Å². The molecule has 0 aromatic rings. The fraction of sp³-hybridized carbons (Fsp3) is 0.917. The first kappa shape index (κ1) is 55.1. The molecule has 0 rings (SSSR count). The van der Waals surface area contributed by atoms with Crippen LogP contribution in [0.5, 0.6) is 0 Å². The van der Waals surface area contributed by atoms with Gasteiger partial charge in [-0.25, -0.2) is 0 Å². The second-order valence-electron chi connectivity index (χ2n) is 17.8. The van der Waals surface area contributed by atoms with Crippen molar-refractivity contribution in [3.05, 3.63) is 0 Å². The van der Waals surface area contributed by atoms with Gasteiger partial charge in [-0.05, 0) is 25.7 Å². The maximum absolute atomic E-state index is 10.8. The van der Waals surface area contributed by atoms with Crippen LogP contribution in [0.15, 0.2) is 0 Å². The second kappa shape index (κ2) is 42.2. The van der Waals surface area contributed by atoms with Crippen LogP contribution < -0.4 is 0 Å². The van der Waals surface area contributed by atoms with Gasteiger partial charge in [-0.15, -0.1) is 0 Å². The highest BCUT2D eigenvalue weighted by Crippen LogP contribution is 2.35. The Hall–Kier alpha value is -1.90. The van der Waals surface area contributed by atoms with Crippen molar-refractivity contribution in [3.63, 3.8) is 0 Å². The number of unbranched alkanes of at least 4 members (excludes halogenated alkanes) is 32. The molecule has 0 bridgehead atoms. The second-order valence-corrected chi connectivity index (χ2v) is 22.8. The van der Waals surface area contributed by atoms with E-state index in [1.807, 2.05) is 0 Å². The summed E-state index contributed by atoms with van der Waals surface area (Å²) in [6.45, 7) is 0. The molecule has 0 aliphatic rings. The molecule has 0 amide bonds. The monoisotopic (exact) mass is 825 g/mol. The zero-order valence-corrected chi connectivity index (χ0v) is 38.0. The maximum Gasteiger partial charge on any atom is 0.303 e. The summed E-state index contributed by atoms with van der Waals surface area (Å²) in [7, 11) is -1.39. The molecule has 0 aromatic carbocycles. The van der Waals surface area contributed by atoms with Crippen molar-refractivity contribution in [1.29, 1.82) is 0 Å². The number of rotatable bonds is 48. The molecule has 0 heterocycles. The Bertz CT molecular complexity index is 792. The lowest BCUT2D eigenvalue weighted by molar-refractivity contribution is -0.138. The van der Waals surface area contributed by atoms with Gasteiger partial charge in [0, 0.05) is 25.7 Å². The highest BCUT2D eigenvalue weighted by atomic mass is 28.3. The van der Waals surface area contributed by atoms with Gasteiger partial charge in [-0.1, -0.05) is 230 Å². The van der Waals surface area contributed by atoms with Gasteiger partial charge in [0.05, 0.1) is 8.07 Å². The van der Waals surface area contributed by atoms with E-state index in [4.69, 9.17) is 20.4 Å². The molecule has 0 spiro atoms. The van der Waals surface area contributed by atoms with E-state index < -0.39 is 32.0 Å². The average Bonchev–Trinajstić information content (AvgIpc) is 3.16. The Kier molecular flexibility index (Phi) is 40.8. The highest BCUT2D eigenvalue weighted by molar-refractivity contribution is 6.79. The van der Waals surface area contributed by atoms with Crippen LogP contribution in [0.2, 0.25) is 24.2 Å². The zero-order chi connectivity index (χ0) is 41.9. The van der Waals surface area contributed by atoms with Crippen LogP contribution in [0.4, 0.5) is 0 Å². The summed E-state index contributed by atoms with van der Waals surface area (Å²) in [6.07, 6.45) is 45.0. The van der Waals surface area contributed by atoms with E-state index in [2.05, 4.69) is 0 Å². The van der Waals surface area contributed by atoms with Crippen LogP contribution in [-0.2, 0) is 19.2 Å². The summed E-state index contributed by atoms with van der Waals surface area (Å²) in [5.74, 6) is -2.71. The average molecular weight is 825 g/mol. The largest absolute Gasteiger partial charge is 0.481 e. The van der Waals surface area contributed by atoms with Crippen LogP contribution in [0.25, 0.3) is 0 Å². The maximum atomic E-state index is 10.8. The number of aliphatic carboxylic acids is 4. The molecule has 57 heavy (non-hydrogen) atoms. The summed E-state index contributed by atoms with van der Waals surface area (Å²) in [6, 6.07) is 6.02. The summed E-state index contributed by atoms with van der Waals surface area (Å²) in [5.41, 5.74) is 0. The third-order valence-electron chi connectivity index (χ3n) is 12.4. The minimum Gasteiger partial charge on any atom is -0.481 e. The summed E-state index contributed by atoms with van der Waals surface area (Å²) in [5, 5.41) is 35.4. The smallest absolute Gasteiger partial charge is 0.303 e. The lowest BCUT2D eigenvalue weighted by atomic mass is 10.1. The first-order valence-corrected chi connectivity index (χ1v) is 27.4. The van der Waals surface area contributed by atoms with Gasteiger partial charge < -0.3 is 20.4 Å².